The number of hydrogen-bond donors (Lipinski definition) is 1. The average molecular weight is 556 g/mol. The van der Waals surface area contributed by atoms with Crippen molar-refractivity contribution in [2.45, 2.75) is 39.9 Å². The highest BCUT2D eigenvalue weighted by atomic mass is 79.9. The quantitative estimate of drug-likeness (QED) is 0.337. The predicted molar refractivity (Wildman–Crippen MR) is 139 cm³/mol. The van der Waals surface area contributed by atoms with Gasteiger partial charge >= 0.3 is 0 Å². The van der Waals surface area contributed by atoms with Crippen LogP contribution in [0.4, 0.5) is 0 Å². The first-order valence-electron chi connectivity index (χ1n) is 10.9. The lowest BCUT2D eigenvalue weighted by Crippen LogP contribution is -2.22. The molecule has 4 rings (SSSR count). The van der Waals surface area contributed by atoms with Crippen molar-refractivity contribution in [1.29, 1.82) is 0 Å². The topological polar surface area (TPSA) is 90.1 Å². The maximum atomic E-state index is 13.4. The third-order valence-corrected chi connectivity index (χ3v) is 6.34. The standard InChI is InChI=1S/C26H24BrClN4O3/c1-15-6-5-7-17(10-15)14-35-22-11-16(2)32(24(33)23(22)27)21-12-20(30-13-18(21)28)19-8-9-29-25(31-19)26(3,4)34/h5-13,34H,14H2,1-4H3. The van der Waals surface area contributed by atoms with Crippen LogP contribution in [0.2, 0.25) is 5.02 Å². The van der Waals surface area contributed by atoms with Gasteiger partial charge in [-0.15, -0.1) is 0 Å². The molecule has 0 aliphatic heterocycles. The lowest BCUT2D eigenvalue weighted by molar-refractivity contribution is 0.0688. The number of benzene rings is 1. The summed E-state index contributed by atoms with van der Waals surface area (Å²) in [7, 11) is 0. The molecule has 0 unspecified atom stereocenters. The van der Waals surface area contributed by atoms with Gasteiger partial charge in [-0.3, -0.25) is 14.3 Å². The number of nitrogens with zero attached hydrogens (tertiary/aromatic N) is 4. The Hall–Kier alpha value is -3.07. The molecule has 0 radical (unpaired) electrons. The normalized spacial score (nSPS) is 11.5. The van der Waals surface area contributed by atoms with Gasteiger partial charge in [-0.25, -0.2) is 9.97 Å². The molecule has 35 heavy (non-hydrogen) atoms. The van der Waals surface area contributed by atoms with Gasteiger partial charge in [-0.1, -0.05) is 41.4 Å². The highest BCUT2D eigenvalue weighted by Gasteiger charge is 2.21. The van der Waals surface area contributed by atoms with Crippen molar-refractivity contribution in [1.82, 2.24) is 19.5 Å². The Morgan fingerprint density at radius 2 is 1.89 bits per heavy atom. The Morgan fingerprint density at radius 3 is 2.60 bits per heavy atom. The highest BCUT2D eigenvalue weighted by Crippen LogP contribution is 2.29. The van der Waals surface area contributed by atoms with Crippen LogP contribution in [-0.2, 0) is 12.2 Å². The van der Waals surface area contributed by atoms with Gasteiger partial charge in [0.15, 0.2) is 5.82 Å². The Bertz CT molecular complexity index is 1460. The number of halogens is 2. The van der Waals surface area contributed by atoms with E-state index in [9.17, 15) is 9.90 Å². The van der Waals surface area contributed by atoms with E-state index in [1.54, 1.807) is 45.2 Å². The Balaban J connectivity index is 1.72. The molecule has 1 N–H and O–H groups in total. The number of hydrogen-bond acceptors (Lipinski definition) is 6. The zero-order chi connectivity index (χ0) is 25.3. The molecule has 4 aromatic rings. The van der Waals surface area contributed by atoms with E-state index in [1.165, 1.54) is 10.8 Å². The van der Waals surface area contributed by atoms with Crippen LogP contribution < -0.4 is 10.3 Å². The number of aryl methyl sites for hydroxylation is 2. The van der Waals surface area contributed by atoms with Crippen molar-refractivity contribution in [2.24, 2.45) is 0 Å². The summed E-state index contributed by atoms with van der Waals surface area (Å²) in [5, 5.41) is 10.6. The van der Waals surface area contributed by atoms with Crippen molar-refractivity contribution in [3.05, 3.63) is 97.4 Å². The van der Waals surface area contributed by atoms with E-state index in [-0.39, 0.29) is 15.9 Å². The summed E-state index contributed by atoms with van der Waals surface area (Å²) >= 11 is 9.88. The molecule has 0 aliphatic rings. The maximum Gasteiger partial charge on any atom is 0.273 e. The second-order valence-electron chi connectivity index (χ2n) is 8.73. The summed E-state index contributed by atoms with van der Waals surface area (Å²) in [5.41, 5.74) is 2.69. The smallest absolute Gasteiger partial charge is 0.273 e. The van der Waals surface area contributed by atoms with E-state index in [0.717, 1.165) is 11.1 Å². The maximum absolute atomic E-state index is 13.4. The Kier molecular flexibility index (Phi) is 7.07. The molecule has 0 atom stereocenters. The summed E-state index contributed by atoms with van der Waals surface area (Å²) < 4.78 is 7.74. The molecule has 0 saturated heterocycles. The largest absolute Gasteiger partial charge is 0.487 e. The molecule has 3 heterocycles. The molecule has 0 bridgehead atoms. The van der Waals surface area contributed by atoms with Crippen LogP contribution in [0.1, 0.15) is 36.5 Å². The third-order valence-electron chi connectivity index (χ3n) is 5.32. The van der Waals surface area contributed by atoms with Gasteiger partial charge < -0.3 is 9.84 Å². The first-order chi connectivity index (χ1) is 16.5. The summed E-state index contributed by atoms with van der Waals surface area (Å²) in [6.45, 7) is 7.37. The van der Waals surface area contributed by atoms with Gasteiger partial charge in [0.1, 0.15) is 22.4 Å². The van der Waals surface area contributed by atoms with E-state index in [1.807, 2.05) is 31.2 Å². The zero-order valence-corrected chi connectivity index (χ0v) is 22.1. The molecule has 0 fully saturated rings. The van der Waals surface area contributed by atoms with Crippen LogP contribution in [-0.4, -0.2) is 24.6 Å². The van der Waals surface area contributed by atoms with Crippen LogP contribution in [0, 0.1) is 13.8 Å². The number of aliphatic hydroxyl groups is 1. The number of rotatable bonds is 6. The van der Waals surface area contributed by atoms with Gasteiger partial charge in [0.05, 0.1) is 22.1 Å². The molecule has 9 heteroatoms. The van der Waals surface area contributed by atoms with Gasteiger partial charge in [-0.05, 0) is 61.3 Å². The van der Waals surface area contributed by atoms with Crippen molar-refractivity contribution in [3.8, 4) is 22.8 Å². The summed E-state index contributed by atoms with van der Waals surface area (Å²) in [4.78, 5) is 26.3. The minimum absolute atomic E-state index is 0.263. The minimum atomic E-state index is -1.21. The fourth-order valence-electron chi connectivity index (χ4n) is 3.58. The lowest BCUT2D eigenvalue weighted by Gasteiger charge is -2.17. The van der Waals surface area contributed by atoms with E-state index >= 15 is 0 Å². The highest BCUT2D eigenvalue weighted by molar-refractivity contribution is 9.10. The summed E-state index contributed by atoms with van der Waals surface area (Å²) in [5.74, 6) is 0.709. The first kappa shape index (κ1) is 25.0. The molecule has 0 saturated carbocycles. The van der Waals surface area contributed by atoms with Crippen molar-refractivity contribution >= 4 is 27.5 Å². The van der Waals surface area contributed by atoms with E-state index in [2.05, 4.69) is 30.9 Å². The third kappa shape index (κ3) is 5.45. The SMILES string of the molecule is Cc1cccc(COc2cc(C)n(-c3cc(-c4ccnc(C(C)(C)O)n4)ncc3Cl)c(=O)c2Br)c1. The number of aromatic nitrogens is 4. The van der Waals surface area contributed by atoms with Crippen LogP contribution in [0.3, 0.4) is 0 Å². The first-order valence-corrected chi connectivity index (χ1v) is 12.0. The molecule has 0 spiro atoms. The molecular weight excluding hydrogens is 532 g/mol. The van der Waals surface area contributed by atoms with Crippen LogP contribution in [0.25, 0.3) is 17.1 Å². The zero-order valence-electron chi connectivity index (χ0n) is 19.7. The lowest BCUT2D eigenvalue weighted by atomic mass is 10.1. The predicted octanol–water partition coefficient (Wildman–Crippen LogP) is 5.53. The molecule has 0 aliphatic carbocycles. The van der Waals surface area contributed by atoms with Crippen molar-refractivity contribution in [3.63, 3.8) is 0 Å². The average Bonchev–Trinajstić information content (AvgIpc) is 2.81. The van der Waals surface area contributed by atoms with Gasteiger partial charge in [0.2, 0.25) is 0 Å². The molecule has 180 valence electrons. The van der Waals surface area contributed by atoms with E-state index in [0.29, 0.717) is 40.1 Å². The summed E-state index contributed by atoms with van der Waals surface area (Å²) in [6, 6.07) is 13.2. The molecule has 1 aromatic carbocycles. The number of ether oxygens (including phenoxy) is 1. The van der Waals surface area contributed by atoms with E-state index in [4.69, 9.17) is 16.3 Å². The van der Waals surface area contributed by atoms with Gasteiger partial charge in [0.25, 0.3) is 5.56 Å². The molecule has 7 nitrogen and oxygen atoms in total. The second kappa shape index (κ2) is 9.89. The van der Waals surface area contributed by atoms with Gasteiger partial charge in [0, 0.05) is 24.2 Å². The molecule has 3 aromatic heterocycles. The number of pyridine rings is 2. The Labute approximate surface area is 216 Å². The van der Waals surface area contributed by atoms with Crippen LogP contribution in [0.15, 0.2) is 64.1 Å². The Morgan fingerprint density at radius 1 is 1.11 bits per heavy atom. The fourth-order valence-corrected chi connectivity index (χ4v) is 4.18. The molecular formula is C26H24BrClN4O3. The van der Waals surface area contributed by atoms with Crippen molar-refractivity contribution < 1.29 is 9.84 Å². The van der Waals surface area contributed by atoms with E-state index < -0.39 is 5.60 Å². The van der Waals surface area contributed by atoms with Crippen LogP contribution >= 0.6 is 27.5 Å². The molecule has 0 amide bonds. The van der Waals surface area contributed by atoms with Crippen molar-refractivity contribution in [2.75, 3.05) is 0 Å². The second-order valence-corrected chi connectivity index (χ2v) is 9.93. The monoisotopic (exact) mass is 554 g/mol. The van der Waals surface area contributed by atoms with Crippen LogP contribution in [0.5, 0.6) is 5.75 Å². The van der Waals surface area contributed by atoms with Gasteiger partial charge in [-0.2, -0.15) is 0 Å². The summed E-state index contributed by atoms with van der Waals surface area (Å²) in [6.07, 6.45) is 3.03. The minimum Gasteiger partial charge on any atom is -0.487 e. The fraction of sp³-hybridized carbons (Fsp3) is 0.231.